The summed E-state index contributed by atoms with van der Waals surface area (Å²) in [5.41, 5.74) is 0. The predicted octanol–water partition coefficient (Wildman–Crippen LogP) is 3.62. The standard InChI is InChI=1S/C19H22O2/c1-2-3-4-5-6-7-8-9-10-11-12-13-14-15-16-17-18-19(20)21/h2-3,12-18H2,1H3,(H,20,21). The Labute approximate surface area is 128 Å². The highest BCUT2D eigenvalue weighted by molar-refractivity contribution is 5.66. The topological polar surface area (TPSA) is 37.3 Å². The summed E-state index contributed by atoms with van der Waals surface area (Å²) in [6, 6.07) is 0. The summed E-state index contributed by atoms with van der Waals surface area (Å²) in [6.45, 7) is 2.08. The Balaban J connectivity index is 3.55. The molecule has 1 N–H and O–H groups in total. The Hall–Kier alpha value is -2.29. The average Bonchev–Trinajstić information content (AvgIpc) is 2.46. The van der Waals surface area contributed by atoms with Crippen molar-refractivity contribution in [3.05, 3.63) is 0 Å². The molecule has 0 aliphatic rings. The van der Waals surface area contributed by atoms with E-state index in [2.05, 4.69) is 54.3 Å². The third-order valence-corrected chi connectivity index (χ3v) is 2.56. The summed E-state index contributed by atoms with van der Waals surface area (Å²) < 4.78 is 0. The molecule has 0 aromatic carbocycles. The minimum absolute atomic E-state index is 0.277. The monoisotopic (exact) mass is 282 g/mol. The normalized spacial score (nSPS) is 7.86. The van der Waals surface area contributed by atoms with E-state index in [0.29, 0.717) is 0 Å². The molecule has 110 valence electrons. The second-order valence-electron chi connectivity index (χ2n) is 4.52. The number of carbonyl (C=O) groups is 1. The van der Waals surface area contributed by atoms with Gasteiger partial charge in [0.2, 0.25) is 0 Å². The van der Waals surface area contributed by atoms with E-state index in [1.807, 2.05) is 0 Å². The van der Waals surface area contributed by atoms with Gasteiger partial charge in [-0.05, 0) is 54.8 Å². The van der Waals surface area contributed by atoms with E-state index in [4.69, 9.17) is 5.11 Å². The minimum atomic E-state index is -0.709. The number of unbranched alkanes of at least 4 members (excludes halogenated alkanes) is 6. The van der Waals surface area contributed by atoms with Crippen molar-refractivity contribution in [2.45, 2.75) is 64.7 Å². The fraction of sp³-hybridized carbons (Fsp3) is 0.526. The molecule has 2 nitrogen and oxygen atoms in total. The van der Waals surface area contributed by atoms with Gasteiger partial charge in [0.25, 0.3) is 0 Å². The van der Waals surface area contributed by atoms with E-state index in [1.165, 1.54) is 0 Å². The van der Waals surface area contributed by atoms with Crippen LogP contribution in [0.15, 0.2) is 0 Å². The highest BCUT2D eigenvalue weighted by atomic mass is 16.4. The predicted molar refractivity (Wildman–Crippen MR) is 86.0 cm³/mol. The number of carboxylic acids is 1. The molecule has 0 bridgehead atoms. The fourth-order valence-corrected chi connectivity index (χ4v) is 1.48. The lowest BCUT2D eigenvalue weighted by Gasteiger charge is -1.96. The lowest BCUT2D eigenvalue weighted by molar-refractivity contribution is -0.137. The molecule has 0 amide bonds. The molecule has 0 aromatic rings. The molecule has 2 heteroatoms. The molecule has 0 aliphatic heterocycles. The van der Waals surface area contributed by atoms with Gasteiger partial charge in [-0.25, -0.2) is 0 Å². The maximum atomic E-state index is 10.3. The van der Waals surface area contributed by atoms with Crippen molar-refractivity contribution in [2.75, 3.05) is 0 Å². The zero-order valence-electron chi connectivity index (χ0n) is 12.7. The molecule has 0 aromatic heterocycles. The number of aliphatic carboxylic acids is 1. The third kappa shape index (κ3) is 17.7. The van der Waals surface area contributed by atoms with Gasteiger partial charge >= 0.3 is 5.97 Å². The van der Waals surface area contributed by atoms with E-state index in [1.54, 1.807) is 0 Å². The van der Waals surface area contributed by atoms with E-state index in [9.17, 15) is 4.79 Å². The molecule has 0 spiro atoms. The number of hydrogen-bond acceptors (Lipinski definition) is 1. The van der Waals surface area contributed by atoms with Gasteiger partial charge in [-0.2, -0.15) is 0 Å². The molecular formula is C19H22O2. The van der Waals surface area contributed by atoms with Crippen molar-refractivity contribution in [3.8, 4) is 47.4 Å². The van der Waals surface area contributed by atoms with Crippen molar-refractivity contribution in [1.29, 1.82) is 0 Å². The number of carboxylic acid groups (broad SMARTS) is 1. The third-order valence-electron chi connectivity index (χ3n) is 2.56. The van der Waals surface area contributed by atoms with Crippen LogP contribution in [0.1, 0.15) is 64.7 Å². The zero-order chi connectivity index (χ0) is 15.6. The van der Waals surface area contributed by atoms with Crippen LogP contribution in [0.3, 0.4) is 0 Å². The van der Waals surface area contributed by atoms with Crippen LogP contribution < -0.4 is 0 Å². The van der Waals surface area contributed by atoms with Crippen molar-refractivity contribution in [3.63, 3.8) is 0 Å². The smallest absolute Gasteiger partial charge is 0.303 e. The van der Waals surface area contributed by atoms with Gasteiger partial charge in [-0.3, -0.25) is 4.79 Å². The summed E-state index contributed by atoms with van der Waals surface area (Å²) >= 11 is 0. The van der Waals surface area contributed by atoms with Crippen molar-refractivity contribution >= 4 is 5.97 Å². The summed E-state index contributed by atoms with van der Waals surface area (Å²) in [7, 11) is 0. The fourth-order valence-electron chi connectivity index (χ4n) is 1.48. The second-order valence-corrected chi connectivity index (χ2v) is 4.52. The highest BCUT2D eigenvalue weighted by Crippen LogP contribution is 2.06. The minimum Gasteiger partial charge on any atom is -0.481 e. The molecule has 21 heavy (non-hydrogen) atoms. The first-order valence-corrected chi connectivity index (χ1v) is 7.45. The Kier molecular flexibility index (Phi) is 14.0. The van der Waals surface area contributed by atoms with Gasteiger partial charge in [-0.15, -0.1) is 0 Å². The number of rotatable bonds is 8. The van der Waals surface area contributed by atoms with Crippen molar-refractivity contribution < 1.29 is 9.90 Å². The Morgan fingerprint density at radius 2 is 1.29 bits per heavy atom. The molecule has 0 saturated heterocycles. The lowest BCUT2D eigenvalue weighted by Crippen LogP contribution is -1.93. The van der Waals surface area contributed by atoms with Crippen LogP contribution >= 0.6 is 0 Å². The Bertz CT molecular complexity index is 527. The summed E-state index contributed by atoms with van der Waals surface area (Å²) in [5, 5.41) is 8.48. The molecular weight excluding hydrogens is 260 g/mol. The molecule has 0 rings (SSSR count). The molecule has 0 unspecified atom stereocenters. The van der Waals surface area contributed by atoms with Crippen LogP contribution in [0.5, 0.6) is 0 Å². The Morgan fingerprint density at radius 1 is 0.762 bits per heavy atom. The van der Waals surface area contributed by atoms with Gasteiger partial charge < -0.3 is 5.11 Å². The SMILES string of the molecule is CCCC#CC#CC#CC#CCCCCCCCC(=O)O. The first kappa shape index (κ1) is 18.7. The van der Waals surface area contributed by atoms with E-state index in [0.717, 1.165) is 51.4 Å². The quantitative estimate of drug-likeness (QED) is 0.545. The highest BCUT2D eigenvalue weighted by Gasteiger charge is 1.95. The van der Waals surface area contributed by atoms with Gasteiger partial charge in [0.1, 0.15) is 0 Å². The average molecular weight is 282 g/mol. The van der Waals surface area contributed by atoms with Crippen LogP contribution in [0.25, 0.3) is 0 Å². The van der Waals surface area contributed by atoms with Gasteiger partial charge in [0.05, 0.1) is 0 Å². The molecule has 0 saturated carbocycles. The van der Waals surface area contributed by atoms with Gasteiger partial charge in [0, 0.05) is 19.3 Å². The second kappa shape index (κ2) is 15.8. The van der Waals surface area contributed by atoms with Gasteiger partial charge in [0.15, 0.2) is 0 Å². The van der Waals surface area contributed by atoms with Crippen molar-refractivity contribution in [2.24, 2.45) is 0 Å². The van der Waals surface area contributed by atoms with Crippen LogP contribution in [0, 0.1) is 47.4 Å². The van der Waals surface area contributed by atoms with Crippen molar-refractivity contribution in [1.82, 2.24) is 0 Å². The van der Waals surface area contributed by atoms with Crippen LogP contribution in [-0.4, -0.2) is 11.1 Å². The lowest BCUT2D eigenvalue weighted by atomic mass is 10.1. The van der Waals surface area contributed by atoms with Crippen LogP contribution in [-0.2, 0) is 4.79 Å². The molecule has 0 atom stereocenters. The molecule has 0 radical (unpaired) electrons. The largest absolute Gasteiger partial charge is 0.481 e. The maximum absolute atomic E-state index is 10.3. The van der Waals surface area contributed by atoms with Gasteiger partial charge in [-0.1, -0.05) is 38.0 Å². The van der Waals surface area contributed by atoms with Crippen LogP contribution in [0.4, 0.5) is 0 Å². The zero-order valence-corrected chi connectivity index (χ0v) is 12.7. The summed E-state index contributed by atoms with van der Waals surface area (Å²) in [4.78, 5) is 10.3. The van der Waals surface area contributed by atoms with E-state index in [-0.39, 0.29) is 6.42 Å². The number of hydrogen-bond donors (Lipinski definition) is 1. The van der Waals surface area contributed by atoms with E-state index < -0.39 is 5.97 Å². The molecule has 0 aliphatic carbocycles. The summed E-state index contributed by atoms with van der Waals surface area (Å²) in [6.07, 6.45) is 7.98. The first-order chi connectivity index (χ1) is 10.3. The maximum Gasteiger partial charge on any atom is 0.303 e. The molecule has 0 heterocycles. The Morgan fingerprint density at radius 3 is 1.90 bits per heavy atom. The first-order valence-electron chi connectivity index (χ1n) is 7.45. The van der Waals surface area contributed by atoms with E-state index >= 15 is 0 Å². The molecule has 0 fully saturated rings. The summed E-state index contributed by atoms with van der Waals surface area (Å²) in [5.74, 6) is 21.3. The van der Waals surface area contributed by atoms with Crippen LogP contribution in [0.2, 0.25) is 0 Å².